The molecular weight excluding hydrogens is 420 g/mol. The molecule has 0 bridgehead atoms. The largest absolute Gasteiger partial charge is 0.490 e. The summed E-state index contributed by atoms with van der Waals surface area (Å²) in [6, 6.07) is 13.5. The van der Waals surface area contributed by atoms with Gasteiger partial charge in [-0.25, -0.2) is 0 Å². The Morgan fingerprint density at radius 2 is 1.52 bits per heavy atom. The Morgan fingerprint density at radius 1 is 0.903 bits per heavy atom. The van der Waals surface area contributed by atoms with Crippen LogP contribution in [0.4, 0.5) is 0 Å². The zero-order chi connectivity index (χ0) is 22.2. The monoisotopic (exact) mass is 444 g/mol. The second-order valence-electron chi connectivity index (χ2n) is 7.48. The van der Waals surface area contributed by atoms with Crippen LogP contribution in [0.15, 0.2) is 48.5 Å². The molecule has 1 fully saturated rings. The molecule has 8 heteroatoms. The van der Waals surface area contributed by atoms with E-state index in [1.807, 2.05) is 0 Å². The molecule has 0 aromatic heterocycles. The minimum absolute atomic E-state index is 0.00150. The zero-order valence-corrected chi connectivity index (χ0v) is 17.7. The van der Waals surface area contributed by atoms with E-state index in [0.717, 1.165) is 0 Å². The zero-order valence-electron chi connectivity index (χ0n) is 17.0. The predicted molar refractivity (Wildman–Crippen MR) is 117 cm³/mol. The molecule has 0 saturated heterocycles. The number of amides is 2. The maximum absolute atomic E-state index is 12.3. The van der Waals surface area contributed by atoms with Gasteiger partial charge in [-0.05, 0) is 68.1 Å². The van der Waals surface area contributed by atoms with Crippen LogP contribution in [0.25, 0.3) is 0 Å². The van der Waals surface area contributed by atoms with Gasteiger partial charge in [0.15, 0.2) is 0 Å². The van der Waals surface area contributed by atoms with E-state index in [9.17, 15) is 14.4 Å². The van der Waals surface area contributed by atoms with Crippen LogP contribution in [0, 0.1) is 5.92 Å². The lowest BCUT2D eigenvalue weighted by Gasteiger charge is -2.26. The summed E-state index contributed by atoms with van der Waals surface area (Å²) in [7, 11) is 0. The predicted octanol–water partition coefficient (Wildman–Crippen LogP) is 3.52. The summed E-state index contributed by atoms with van der Waals surface area (Å²) in [5.41, 5.74) is 0.953. The topological polar surface area (TPSA) is 105 Å². The standard InChI is InChI=1S/C23H25ClN2O5/c24-18-3-1-2-17(14-18)22(28)26-13-12-25-21(27)15-4-8-19(9-5-15)31-20-10-6-16(7-11-20)23(29)30/h1-5,8-9,14,16,20H,6-7,10-13H2,(H,25,27)(H,26,28)(H,29,30). The van der Waals surface area contributed by atoms with Crippen LogP contribution in [-0.4, -0.2) is 42.1 Å². The van der Waals surface area contributed by atoms with E-state index < -0.39 is 5.97 Å². The summed E-state index contributed by atoms with van der Waals surface area (Å²) in [5, 5.41) is 15.0. The summed E-state index contributed by atoms with van der Waals surface area (Å²) < 4.78 is 5.91. The highest BCUT2D eigenvalue weighted by atomic mass is 35.5. The average Bonchev–Trinajstić information content (AvgIpc) is 2.77. The summed E-state index contributed by atoms with van der Waals surface area (Å²) in [4.78, 5) is 35.3. The van der Waals surface area contributed by atoms with Crippen LogP contribution in [-0.2, 0) is 4.79 Å². The quantitative estimate of drug-likeness (QED) is 0.540. The van der Waals surface area contributed by atoms with Crippen LogP contribution in [0.5, 0.6) is 5.75 Å². The van der Waals surface area contributed by atoms with Crippen molar-refractivity contribution in [1.29, 1.82) is 0 Å². The van der Waals surface area contributed by atoms with Crippen molar-refractivity contribution < 1.29 is 24.2 Å². The summed E-state index contributed by atoms with van der Waals surface area (Å²) in [6.45, 7) is 0.577. The number of carbonyl (C=O) groups is 3. The first kappa shape index (κ1) is 22.6. The number of hydrogen-bond donors (Lipinski definition) is 3. The highest BCUT2D eigenvalue weighted by Crippen LogP contribution is 2.28. The first-order chi connectivity index (χ1) is 14.9. The third kappa shape index (κ3) is 6.72. The fourth-order valence-electron chi connectivity index (χ4n) is 3.49. The lowest BCUT2D eigenvalue weighted by Crippen LogP contribution is -2.34. The average molecular weight is 445 g/mol. The van der Waals surface area contributed by atoms with Gasteiger partial charge in [0, 0.05) is 29.2 Å². The molecule has 0 radical (unpaired) electrons. The number of carboxylic acids is 1. The fraction of sp³-hybridized carbons (Fsp3) is 0.348. The van der Waals surface area contributed by atoms with Gasteiger partial charge in [-0.2, -0.15) is 0 Å². The van der Waals surface area contributed by atoms with Crippen LogP contribution in [0.1, 0.15) is 46.4 Å². The van der Waals surface area contributed by atoms with Crippen molar-refractivity contribution in [2.24, 2.45) is 5.92 Å². The molecule has 1 aliphatic carbocycles. The van der Waals surface area contributed by atoms with Crippen molar-refractivity contribution in [2.45, 2.75) is 31.8 Å². The Bertz CT molecular complexity index is 924. The molecule has 164 valence electrons. The molecule has 7 nitrogen and oxygen atoms in total. The fourth-order valence-corrected chi connectivity index (χ4v) is 3.68. The van der Waals surface area contributed by atoms with Gasteiger partial charge >= 0.3 is 5.97 Å². The molecule has 2 aromatic carbocycles. The Balaban J connectivity index is 1.39. The number of rotatable bonds is 8. The van der Waals surface area contributed by atoms with Gasteiger partial charge in [-0.15, -0.1) is 0 Å². The van der Waals surface area contributed by atoms with Gasteiger partial charge in [0.25, 0.3) is 11.8 Å². The van der Waals surface area contributed by atoms with Gasteiger partial charge in [0.05, 0.1) is 12.0 Å². The highest BCUT2D eigenvalue weighted by molar-refractivity contribution is 6.30. The lowest BCUT2D eigenvalue weighted by atomic mass is 9.87. The van der Waals surface area contributed by atoms with Crippen molar-refractivity contribution in [3.8, 4) is 5.75 Å². The maximum Gasteiger partial charge on any atom is 0.306 e. The summed E-state index contributed by atoms with van der Waals surface area (Å²) >= 11 is 5.88. The SMILES string of the molecule is O=C(NCCNC(=O)c1cccc(Cl)c1)c1ccc(OC2CCC(C(=O)O)CC2)cc1. The van der Waals surface area contributed by atoms with E-state index in [4.69, 9.17) is 21.4 Å². The minimum Gasteiger partial charge on any atom is -0.490 e. The number of nitrogens with one attached hydrogen (secondary N) is 2. The number of halogens is 1. The smallest absolute Gasteiger partial charge is 0.306 e. The maximum atomic E-state index is 12.3. The molecule has 3 N–H and O–H groups in total. The minimum atomic E-state index is -0.738. The molecule has 2 amide bonds. The summed E-state index contributed by atoms with van der Waals surface area (Å²) in [6.07, 6.45) is 2.65. The molecule has 0 spiro atoms. The van der Waals surface area contributed by atoms with E-state index >= 15 is 0 Å². The van der Waals surface area contributed by atoms with E-state index in [-0.39, 0.29) is 36.9 Å². The molecule has 0 atom stereocenters. The van der Waals surface area contributed by atoms with E-state index in [1.165, 1.54) is 0 Å². The van der Waals surface area contributed by atoms with E-state index in [2.05, 4.69) is 10.6 Å². The van der Waals surface area contributed by atoms with Crippen LogP contribution < -0.4 is 15.4 Å². The number of benzene rings is 2. The Hall–Kier alpha value is -3.06. The molecule has 1 aliphatic rings. The van der Waals surface area contributed by atoms with Crippen molar-refractivity contribution in [3.05, 3.63) is 64.7 Å². The van der Waals surface area contributed by atoms with Crippen LogP contribution >= 0.6 is 11.6 Å². The molecule has 31 heavy (non-hydrogen) atoms. The van der Waals surface area contributed by atoms with Crippen molar-refractivity contribution >= 4 is 29.4 Å². The Labute approximate surface area is 185 Å². The number of carboxylic acid groups (broad SMARTS) is 1. The van der Waals surface area contributed by atoms with Gasteiger partial charge in [0.1, 0.15) is 5.75 Å². The Kier molecular flexibility index (Phi) is 7.89. The van der Waals surface area contributed by atoms with E-state index in [1.54, 1.807) is 48.5 Å². The molecule has 0 heterocycles. The number of hydrogen-bond acceptors (Lipinski definition) is 4. The Morgan fingerprint density at radius 3 is 2.10 bits per heavy atom. The molecular formula is C23H25ClN2O5. The molecule has 3 rings (SSSR count). The first-order valence-electron chi connectivity index (χ1n) is 10.2. The third-order valence-corrected chi connectivity index (χ3v) is 5.46. The van der Waals surface area contributed by atoms with Gasteiger partial charge in [-0.1, -0.05) is 17.7 Å². The summed E-state index contributed by atoms with van der Waals surface area (Å²) in [5.74, 6) is -0.857. The second-order valence-corrected chi connectivity index (χ2v) is 7.91. The van der Waals surface area contributed by atoms with Gasteiger partial charge in [-0.3, -0.25) is 14.4 Å². The third-order valence-electron chi connectivity index (χ3n) is 5.23. The van der Waals surface area contributed by atoms with E-state index in [0.29, 0.717) is 47.6 Å². The number of ether oxygens (including phenoxy) is 1. The van der Waals surface area contributed by atoms with Crippen molar-refractivity contribution in [3.63, 3.8) is 0 Å². The van der Waals surface area contributed by atoms with Crippen LogP contribution in [0.3, 0.4) is 0 Å². The van der Waals surface area contributed by atoms with Crippen LogP contribution in [0.2, 0.25) is 5.02 Å². The molecule has 1 saturated carbocycles. The van der Waals surface area contributed by atoms with Crippen molar-refractivity contribution in [1.82, 2.24) is 10.6 Å². The van der Waals surface area contributed by atoms with Gasteiger partial charge in [0.2, 0.25) is 0 Å². The number of aliphatic carboxylic acids is 1. The first-order valence-corrected chi connectivity index (χ1v) is 10.6. The number of carbonyl (C=O) groups excluding carboxylic acids is 2. The normalized spacial score (nSPS) is 18.1. The highest BCUT2D eigenvalue weighted by Gasteiger charge is 2.26. The molecule has 0 aliphatic heterocycles. The molecule has 2 aromatic rings. The second kappa shape index (κ2) is 10.8. The lowest BCUT2D eigenvalue weighted by molar-refractivity contribution is -0.143. The molecule has 0 unspecified atom stereocenters. The van der Waals surface area contributed by atoms with Crippen molar-refractivity contribution in [2.75, 3.05) is 13.1 Å². The van der Waals surface area contributed by atoms with Gasteiger partial charge < -0.3 is 20.5 Å².